The fourth-order valence-electron chi connectivity index (χ4n) is 1.96. The van der Waals surface area contributed by atoms with Crippen molar-refractivity contribution in [3.05, 3.63) is 55.9 Å². The largest absolute Gasteiger partial charge is 0.306 e. The lowest BCUT2D eigenvalue weighted by molar-refractivity contribution is 0.561. The van der Waals surface area contributed by atoms with Crippen LogP contribution in [0.15, 0.2) is 34.1 Å². The van der Waals surface area contributed by atoms with E-state index >= 15 is 0 Å². The summed E-state index contributed by atoms with van der Waals surface area (Å²) in [5.41, 5.74) is 1.90. The van der Waals surface area contributed by atoms with Gasteiger partial charge >= 0.3 is 0 Å². The molecule has 0 aliphatic carbocycles. The molecule has 0 amide bonds. The van der Waals surface area contributed by atoms with Gasteiger partial charge in [-0.05, 0) is 42.6 Å². The van der Waals surface area contributed by atoms with Crippen LogP contribution in [0.25, 0.3) is 0 Å². The highest BCUT2D eigenvalue weighted by molar-refractivity contribution is 9.10. The number of hydrogen-bond donors (Lipinski definition) is 1. The van der Waals surface area contributed by atoms with E-state index in [-0.39, 0.29) is 11.9 Å². The SMILES string of the molecule is CCNC(c1ccc(Br)cc1F)c1sccc1C. The fourth-order valence-corrected chi connectivity index (χ4v) is 3.32. The van der Waals surface area contributed by atoms with Crippen molar-refractivity contribution < 1.29 is 4.39 Å². The summed E-state index contributed by atoms with van der Waals surface area (Å²) in [4.78, 5) is 1.18. The molecule has 0 spiro atoms. The molecule has 1 N–H and O–H groups in total. The van der Waals surface area contributed by atoms with Crippen molar-refractivity contribution in [1.29, 1.82) is 0 Å². The lowest BCUT2D eigenvalue weighted by atomic mass is 10.0. The predicted octanol–water partition coefficient (Wildman–Crippen LogP) is 4.66. The third-order valence-electron chi connectivity index (χ3n) is 2.85. The van der Waals surface area contributed by atoms with E-state index in [1.807, 2.05) is 24.4 Å². The summed E-state index contributed by atoms with van der Waals surface area (Å²) in [6.07, 6.45) is 0. The lowest BCUT2D eigenvalue weighted by Gasteiger charge is -2.19. The van der Waals surface area contributed by atoms with Crippen LogP contribution in [-0.4, -0.2) is 6.54 Å². The van der Waals surface area contributed by atoms with Crippen LogP contribution < -0.4 is 5.32 Å². The first-order chi connectivity index (χ1) is 8.63. The summed E-state index contributed by atoms with van der Waals surface area (Å²) in [7, 11) is 0. The molecule has 1 unspecified atom stereocenters. The van der Waals surface area contributed by atoms with E-state index in [1.165, 1.54) is 16.5 Å². The molecule has 0 saturated heterocycles. The molecule has 0 radical (unpaired) electrons. The average molecular weight is 328 g/mol. The zero-order chi connectivity index (χ0) is 13.1. The van der Waals surface area contributed by atoms with Gasteiger partial charge in [0.05, 0.1) is 6.04 Å². The molecule has 0 aliphatic heterocycles. The van der Waals surface area contributed by atoms with Gasteiger partial charge in [-0.25, -0.2) is 4.39 Å². The molecule has 0 saturated carbocycles. The van der Waals surface area contributed by atoms with Crippen LogP contribution in [0, 0.1) is 12.7 Å². The summed E-state index contributed by atoms with van der Waals surface area (Å²) in [5.74, 6) is -0.178. The number of thiophene rings is 1. The van der Waals surface area contributed by atoms with Crippen molar-refractivity contribution in [3.8, 4) is 0 Å². The third kappa shape index (κ3) is 2.82. The zero-order valence-corrected chi connectivity index (χ0v) is 12.7. The van der Waals surface area contributed by atoms with Crippen molar-refractivity contribution in [1.82, 2.24) is 5.32 Å². The maximum absolute atomic E-state index is 14.1. The van der Waals surface area contributed by atoms with Gasteiger partial charge in [0.1, 0.15) is 5.82 Å². The van der Waals surface area contributed by atoms with Crippen molar-refractivity contribution in [2.45, 2.75) is 19.9 Å². The van der Waals surface area contributed by atoms with Crippen LogP contribution in [0.2, 0.25) is 0 Å². The van der Waals surface area contributed by atoms with Crippen molar-refractivity contribution in [2.24, 2.45) is 0 Å². The first kappa shape index (κ1) is 13.7. The van der Waals surface area contributed by atoms with Gasteiger partial charge in [-0.2, -0.15) is 0 Å². The van der Waals surface area contributed by atoms with Crippen LogP contribution in [0.1, 0.15) is 29.0 Å². The van der Waals surface area contributed by atoms with E-state index in [0.29, 0.717) is 5.56 Å². The van der Waals surface area contributed by atoms with Gasteiger partial charge in [0.25, 0.3) is 0 Å². The number of aryl methyl sites for hydroxylation is 1. The Morgan fingerprint density at radius 1 is 1.39 bits per heavy atom. The average Bonchev–Trinajstić information content (AvgIpc) is 2.73. The molecule has 1 nitrogen and oxygen atoms in total. The monoisotopic (exact) mass is 327 g/mol. The lowest BCUT2D eigenvalue weighted by Crippen LogP contribution is -2.22. The Morgan fingerprint density at radius 2 is 2.17 bits per heavy atom. The first-order valence-corrected chi connectivity index (χ1v) is 7.53. The van der Waals surface area contributed by atoms with Crippen LogP contribution in [-0.2, 0) is 0 Å². The van der Waals surface area contributed by atoms with Gasteiger partial charge in [0.15, 0.2) is 0 Å². The van der Waals surface area contributed by atoms with Crippen LogP contribution in [0.4, 0.5) is 4.39 Å². The van der Waals surface area contributed by atoms with E-state index in [2.05, 4.69) is 34.2 Å². The van der Waals surface area contributed by atoms with Gasteiger partial charge in [0, 0.05) is 14.9 Å². The Hall–Kier alpha value is -0.710. The molecule has 1 aromatic heterocycles. The molecule has 1 heterocycles. The minimum atomic E-state index is -0.178. The molecule has 0 bridgehead atoms. The molecule has 0 aliphatic rings. The molecular formula is C14H15BrFNS. The summed E-state index contributed by atoms with van der Waals surface area (Å²) >= 11 is 4.95. The molecule has 1 aromatic carbocycles. The van der Waals surface area contributed by atoms with Crippen LogP contribution in [0.5, 0.6) is 0 Å². The van der Waals surface area contributed by atoms with Gasteiger partial charge in [0.2, 0.25) is 0 Å². The molecule has 1 atom stereocenters. The van der Waals surface area contributed by atoms with Gasteiger partial charge in [-0.1, -0.05) is 28.9 Å². The van der Waals surface area contributed by atoms with Gasteiger partial charge < -0.3 is 5.32 Å². The summed E-state index contributed by atoms with van der Waals surface area (Å²) in [6, 6.07) is 7.24. The standard InChI is InChI=1S/C14H15BrFNS/c1-3-17-13(14-9(2)6-7-18-14)11-5-4-10(15)8-12(11)16/h4-8,13,17H,3H2,1-2H3. The maximum Gasteiger partial charge on any atom is 0.129 e. The summed E-state index contributed by atoms with van der Waals surface area (Å²) < 4.78 is 14.8. The normalized spacial score (nSPS) is 12.7. The van der Waals surface area contributed by atoms with E-state index in [0.717, 1.165) is 11.0 Å². The number of nitrogens with one attached hydrogen (secondary N) is 1. The highest BCUT2D eigenvalue weighted by Gasteiger charge is 2.19. The molecule has 2 rings (SSSR count). The minimum Gasteiger partial charge on any atom is -0.306 e. The second-order valence-electron chi connectivity index (χ2n) is 4.12. The number of benzene rings is 1. The van der Waals surface area contributed by atoms with E-state index in [1.54, 1.807) is 11.3 Å². The van der Waals surface area contributed by atoms with Crippen LogP contribution in [0.3, 0.4) is 0 Å². The second kappa shape index (κ2) is 5.95. The molecule has 2 aromatic rings. The second-order valence-corrected chi connectivity index (χ2v) is 5.99. The molecular weight excluding hydrogens is 313 g/mol. The Bertz CT molecular complexity index is 538. The fraction of sp³-hybridized carbons (Fsp3) is 0.286. The smallest absolute Gasteiger partial charge is 0.129 e. The van der Waals surface area contributed by atoms with Crippen molar-refractivity contribution in [3.63, 3.8) is 0 Å². The Balaban J connectivity index is 2.45. The minimum absolute atomic E-state index is 0.0666. The molecule has 0 fully saturated rings. The Morgan fingerprint density at radius 3 is 2.72 bits per heavy atom. The highest BCUT2D eigenvalue weighted by atomic mass is 79.9. The van der Waals surface area contributed by atoms with E-state index < -0.39 is 0 Å². The Labute approximate surface area is 119 Å². The number of rotatable bonds is 4. The van der Waals surface area contributed by atoms with Crippen molar-refractivity contribution in [2.75, 3.05) is 6.54 Å². The maximum atomic E-state index is 14.1. The number of hydrogen-bond acceptors (Lipinski definition) is 2. The van der Waals surface area contributed by atoms with Gasteiger partial charge in [-0.3, -0.25) is 0 Å². The molecule has 4 heteroatoms. The quantitative estimate of drug-likeness (QED) is 0.861. The van der Waals surface area contributed by atoms with E-state index in [9.17, 15) is 4.39 Å². The van der Waals surface area contributed by atoms with E-state index in [4.69, 9.17) is 0 Å². The summed E-state index contributed by atoms with van der Waals surface area (Å²) in [5, 5.41) is 5.40. The third-order valence-corrected chi connectivity index (χ3v) is 4.42. The molecule has 18 heavy (non-hydrogen) atoms. The van der Waals surface area contributed by atoms with Crippen molar-refractivity contribution >= 4 is 27.3 Å². The summed E-state index contributed by atoms with van der Waals surface area (Å²) in [6.45, 7) is 4.90. The van der Waals surface area contributed by atoms with Gasteiger partial charge in [-0.15, -0.1) is 11.3 Å². The predicted molar refractivity (Wildman–Crippen MR) is 78.7 cm³/mol. The topological polar surface area (TPSA) is 12.0 Å². The number of halogens is 2. The van der Waals surface area contributed by atoms with Crippen LogP contribution >= 0.6 is 27.3 Å². The first-order valence-electron chi connectivity index (χ1n) is 5.85. The highest BCUT2D eigenvalue weighted by Crippen LogP contribution is 2.31. The Kier molecular flexibility index (Phi) is 4.54. The zero-order valence-electron chi connectivity index (χ0n) is 10.3. The molecule has 96 valence electrons.